The molecule has 1 heterocycles. The fourth-order valence-corrected chi connectivity index (χ4v) is 2.39. The molecule has 0 saturated heterocycles. The number of nitrogens with zero attached hydrogens (tertiary/aromatic N) is 2. The highest BCUT2D eigenvalue weighted by Gasteiger charge is 2.07. The number of para-hydroxylation sites is 1. The second-order valence-corrected chi connectivity index (χ2v) is 5.42. The van der Waals surface area contributed by atoms with E-state index in [1.807, 2.05) is 55.5 Å². The van der Waals surface area contributed by atoms with Gasteiger partial charge in [0.05, 0.1) is 19.9 Å². The molecule has 2 aromatic carbocycles. The van der Waals surface area contributed by atoms with Crippen molar-refractivity contribution in [2.45, 2.75) is 6.92 Å². The van der Waals surface area contributed by atoms with E-state index in [-0.39, 0.29) is 0 Å². The zero-order valence-electron chi connectivity index (χ0n) is 14.4. The van der Waals surface area contributed by atoms with Crippen molar-refractivity contribution in [3.8, 4) is 11.5 Å². The number of benzene rings is 2. The van der Waals surface area contributed by atoms with E-state index >= 15 is 0 Å². The molecule has 0 unspecified atom stereocenters. The SMILES string of the molecule is COc1ccc(OC)c(Nc2cc(Nc3ccccc3C)ncn2)c1. The number of methoxy groups -OCH3 is 2. The first-order chi connectivity index (χ1) is 12.2. The van der Waals surface area contributed by atoms with Crippen LogP contribution >= 0.6 is 0 Å². The second-order valence-electron chi connectivity index (χ2n) is 5.42. The number of ether oxygens (including phenoxy) is 2. The summed E-state index contributed by atoms with van der Waals surface area (Å²) in [6.45, 7) is 2.05. The lowest BCUT2D eigenvalue weighted by molar-refractivity contribution is 0.405. The van der Waals surface area contributed by atoms with Crippen molar-refractivity contribution < 1.29 is 9.47 Å². The molecule has 2 N–H and O–H groups in total. The minimum absolute atomic E-state index is 0.651. The molecule has 0 radical (unpaired) electrons. The number of hydrogen-bond donors (Lipinski definition) is 2. The van der Waals surface area contributed by atoms with Crippen molar-refractivity contribution in [2.75, 3.05) is 24.9 Å². The van der Waals surface area contributed by atoms with Gasteiger partial charge in [-0.3, -0.25) is 0 Å². The Morgan fingerprint density at radius 1 is 0.800 bits per heavy atom. The number of rotatable bonds is 6. The molecule has 3 rings (SSSR count). The van der Waals surface area contributed by atoms with Gasteiger partial charge in [-0.15, -0.1) is 0 Å². The monoisotopic (exact) mass is 336 g/mol. The van der Waals surface area contributed by atoms with E-state index in [9.17, 15) is 0 Å². The van der Waals surface area contributed by atoms with Gasteiger partial charge in [-0.05, 0) is 30.7 Å². The molecule has 0 aliphatic heterocycles. The Balaban J connectivity index is 1.84. The Kier molecular flexibility index (Phi) is 4.99. The highest BCUT2D eigenvalue weighted by Crippen LogP contribution is 2.31. The van der Waals surface area contributed by atoms with Crippen LogP contribution in [0.25, 0.3) is 0 Å². The molecule has 25 heavy (non-hydrogen) atoms. The van der Waals surface area contributed by atoms with E-state index < -0.39 is 0 Å². The second kappa shape index (κ2) is 7.53. The summed E-state index contributed by atoms with van der Waals surface area (Å²) in [6.07, 6.45) is 1.51. The van der Waals surface area contributed by atoms with E-state index in [1.165, 1.54) is 6.33 Å². The molecule has 0 bridgehead atoms. The summed E-state index contributed by atoms with van der Waals surface area (Å²) < 4.78 is 10.6. The third kappa shape index (κ3) is 3.98. The predicted molar refractivity (Wildman–Crippen MR) is 99.3 cm³/mol. The maximum absolute atomic E-state index is 5.38. The first-order valence-corrected chi connectivity index (χ1v) is 7.83. The third-order valence-corrected chi connectivity index (χ3v) is 3.74. The lowest BCUT2D eigenvalue weighted by Crippen LogP contribution is -2.01. The smallest absolute Gasteiger partial charge is 0.142 e. The van der Waals surface area contributed by atoms with Crippen LogP contribution in [0.3, 0.4) is 0 Å². The molecule has 0 aliphatic rings. The largest absolute Gasteiger partial charge is 0.497 e. The van der Waals surface area contributed by atoms with Crippen LogP contribution in [0.15, 0.2) is 54.9 Å². The molecule has 0 fully saturated rings. The topological polar surface area (TPSA) is 68.3 Å². The zero-order valence-corrected chi connectivity index (χ0v) is 14.4. The van der Waals surface area contributed by atoms with Gasteiger partial charge >= 0.3 is 0 Å². The molecular weight excluding hydrogens is 316 g/mol. The number of anilines is 4. The van der Waals surface area contributed by atoms with Gasteiger partial charge in [-0.1, -0.05) is 18.2 Å². The van der Waals surface area contributed by atoms with Crippen molar-refractivity contribution in [3.63, 3.8) is 0 Å². The van der Waals surface area contributed by atoms with Crippen molar-refractivity contribution in [1.29, 1.82) is 0 Å². The van der Waals surface area contributed by atoms with E-state index in [4.69, 9.17) is 9.47 Å². The van der Waals surface area contributed by atoms with Gasteiger partial charge in [-0.25, -0.2) is 9.97 Å². The lowest BCUT2D eigenvalue weighted by Gasteiger charge is -2.13. The van der Waals surface area contributed by atoms with E-state index in [0.29, 0.717) is 17.4 Å². The lowest BCUT2D eigenvalue weighted by atomic mass is 10.2. The van der Waals surface area contributed by atoms with Gasteiger partial charge in [0, 0.05) is 17.8 Å². The Labute approximate surface area is 146 Å². The highest BCUT2D eigenvalue weighted by atomic mass is 16.5. The number of nitrogens with one attached hydrogen (secondary N) is 2. The molecule has 1 aromatic heterocycles. The Hall–Kier alpha value is -3.28. The first-order valence-electron chi connectivity index (χ1n) is 7.83. The van der Waals surface area contributed by atoms with Crippen LogP contribution in [0.1, 0.15) is 5.56 Å². The van der Waals surface area contributed by atoms with Gasteiger partial charge in [0.25, 0.3) is 0 Å². The van der Waals surface area contributed by atoms with Crippen molar-refractivity contribution in [1.82, 2.24) is 9.97 Å². The Morgan fingerprint density at radius 2 is 1.52 bits per heavy atom. The summed E-state index contributed by atoms with van der Waals surface area (Å²) in [4.78, 5) is 8.55. The highest BCUT2D eigenvalue weighted by molar-refractivity contribution is 5.69. The van der Waals surface area contributed by atoms with Crippen LogP contribution in [-0.4, -0.2) is 24.2 Å². The van der Waals surface area contributed by atoms with Gasteiger partial charge in [-0.2, -0.15) is 0 Å². The molecule has 128 valence electrons. The summed E-state index contributed by atoms with van der Waals surface area (Å²) in [5.74, 6) is 2.79. The zero-order chi connectivity index (χ0) is 17.6. The summed E-state index contributed by atoms with van der Waals surface area (Å²) in [7, 11) is 3.25. The van der Waals surface area contributed by atoms with Gasteiger partial charge < -0.3 is 20.1 Å². The molecule has 3 aromatic rings. The predicted octanol–water partition coefficient (Wildman–Crippen LogP) is 4.29. The summed E-state index contributed by atoms with van der Waals surface area (Å²) in [6, 6.07) is 15.4. The van der Waals surface area contributed by atoms with Gasteiger partial charge in [0.15, 0.2) is 0 Å². The van der Waals surface area contributed by atoms with E-state index in [1.54, 1.807) is 14.2 Å². The van der Waals surface area contributed by atoms with E-state index in [0.717, 1.165) is 22.7 Å². The van der Waals surface area contributed by atoms with Crippen LogP contribution in [0.2, 0.25) is 0 Å². The maximum atomic E-state index is 5.38. The number of aryl methyl sites for hydroxylation is 1. The minimum Gasteiger partial charge on any atom is -0.497 e. The average Bonchev–Trinajstić information content (AvgIpc) is 2.64. The molecule has 0 spiro atoms. The molecule has 0 amide bonds. The number of aromatic nitrogens is 2. The van der Waals surface area contributed by atoms with Crippen molar-refractivity contribution in [3.05, 3.63) is 60.4 Å². The van der Waals surface area contributed by atoms with Crippen molar-refractivity contribution >= 4 is 23.0 Å². The van der Waals surface area contributed by atoms with Crippen LogP contribution in [0.5, 0.6) is 11.5 Å². The molecule has 6 heteroatoms. The summed E-state index contributed by atoms with van der Waals surface area (Å²) in [5.41, 5.74) is 2.92. The Morgan fingerprint density at radius 3 is 2.20 bits per heavy atom. The fourth-order valence-electron chi connectivity index (χ4n) is 2.39. The van der Waals surface area contributed by atoms with Gasteiger partial charge in [0.2, 0.25) is 0 Å². The minimum atomic E-state index is 0.651. The van der Waals surface area contributed by atoms with Crippen molar-refractivity contribution in [2.24, 2.45) is 0 Å². The molecule has 0 saturated carbocycles. The fraction of sp³-hybridized carbons (Fsp3) is 0.158. The molecule has 6 nitrogen and oxygen atoms in total. The van der Waals surface area contributed by atoms with E-state index in [2.05, 4.69) is 20.6 Å². The quantitative estimate of drug-likeness (QED) is 0.700. The Bertz CT molecular complexity index is 868. The number of hydrogen-bond acceptors (Lipinski definition) is 6. The standard InChI is InChI=1S/C19H20N4O2/c1-13-6-4-5-7-15(13)22-18-11-19(21-12-20-18)23-16-10-14(24-2)8-9-17(16)25-3/h4-12H,1-3H3,(H2,20,21,22,23). The molecule has 0 aliphatic carbocycles. The third-order valence-electron chi connectivity index (χ3n) is 3.74. The average molecular weight is 336 g/mol. The van der Waals surface area contributed by atoms with Crippen LogP contribution in [0, 0.1) is 6.92 Å². The summed E-state index contributed by atoms with van der Waals surface area (Å²) in [5, 5.41) is 6.55. The van der Waals surface area contributed by atoms with Crippen LogP contribution < -0.4 is 20.1 Å². The summed E-state index contributed by atoms with van der Waals surface area (Å²) >= 11 is 0. The molecular formula is C19H20N4O2. The van der Waals surface area contributed by atoms with Gasteiger partial charge in [0.1, 0.15) is 29.5 Å². The first kappa shape index (κ1) is 16.6. The molecule has 0 atom stereocenters. The van der Waals surface area contributed by atoms with Crippen LogP contribution in [-0.2, 0) is 0 Å². The normalized spacial score (nSPS) is 10.2. The maximum Gasteiger partial charge on any atom is 0.142 e. The van der Waals surface area contributed by atoms with Crippen LogP contribution in [0.4, 0.5) is 23.0 Å².